The van der Waals surface area contributed by atoms with Crippen molar-refractivity contribution in [2.45, 2.75) is 32.1 Å². The first-order valence-corrected chi connectivity index (χ1v) is 4.44. The van der Waals surface area contributed by atoms with Gasteiger partial charge in [-0.25, -0.2) is 0 Å². The van der Waals surface area contributed by atoms with Gasteiger partial charge >= 0.3 is 5.97 Å². The van der Waals surface area contributed by atoms with E-state index >= 15 is 0 Å². The molecule has 0 rings (SSSR count). The van der Waals surface area contributed by atoms with Crippen LogP contribution in [0.4, 0.5) is 0 Å². The molecule has 0 atom stereocenters. The molecule has 0 aromatic carbocycles. The topological polar surface area (TPSA) is 26.3 Å². The molecule has 0 heterocycles. The maximum atomic E-state index is 10.6. The van der Waals surface area contributed by atoms with Gasteiger partial charge in [-0.2, -0.15) is 0 Å². The second kappa shape index (κ2) is 7.86. The molecule has 0 fully saturated rings. The molecule has 0 aromatic rings. The monoisotopic (exact) mass is 266 g/mol. The van der Waals surface area contributed by atoms with Crippen LogP contribution in [0.1, 0.15) is 32.1 Å². The van der Waals surface area contributed by atoms with E-state index in [1.807, 2.05) is 0 Å². The van der Waals surface area contributed by atoms with E-state index in [9.17, 15) is 4.79 Å². The van der Waals surface area contributed by atoms with Crippen LogP contribution in [0.2, 0.25) is 0 Å². The molecule has 0 saturated heterocycles. The molecule has 2 nitrogen and oxygen atoms in total. The number of halogens is 1. The van der Waals surface area contributed by atoms with Gasteiger partial charge in [0.05, 0.1) is 0 Å². The molecule has 11 heavy (non-hydrogen) atoms. The van der Waals surface area contributed by atoms with E-state index in [2.05, 4.69) is 8.99 Å². The van der Waals surface area contributed by atoms with Crippen molar-refractivity contribution in [1.29, 1.82) is 0 Å². The summed E-state index contributed by atoms with van der Waals surface area (Å²) in [7, 11) is 0. The summed E-state index contributed by atoms with van der Waals surface area (Å²) in [4.78, 5) is 10.6. The molecule has 0 spiro atoms. The van der Waals surface area contributed by atoms with Crippen molar-refractivity contribution in [1.82, 2.24) is 0 Å². The molecule has 0 aliphatic rings. The summed E-state index contributed by atoms with van der Waals surface area (Å²) in [6.45, 7) is 0. The number of carbonyl (C=O) groups is 1. The van der Waals surface area contributed by atoms with Crippen molar-refractivity contribution in [3.05, 3.63) is 0 Å². The molecule has 3 heteroatoms. The summed E-state index contributed by atoms with van der Waals surface area (Å²) in [6, 6.07) is 0. The van der Waals surface area contributed by atoms with Crippen molar-refractivity contribution in [3.63, 3.8) is 0 Å². The molecular weight excluding hydrogens is 255 g/mol. The number of rotatable bonds is 5. The first-order valence-electron chi connectivity index (χ1n) is 3.56. The molecule has 0 aliphatic carbocycles. The van der Waals surface area contributed by atoms with Crippen molar-refractivity contribution in [3.8, 4) is 12.3 Å². The number of carbonyl (C=O) groups excluding carboxylic acids is 1. The molecule has 0 aromatic heterocycles. The fraction of sp³-hybridized carbons (Fsp3) is 0.625. The van der Waals surface area contributed by atoms with Gasteiger partial charge in [0.25, 0.3) is 0 Å². The highest BCUT2D eigenvalue weighted by Crippen LogP contribution is 2.04. The van der Waals surface area contributed by atoms with Gasteiger partial charge in [-0.1, -0.05) is 6.42 Å². The van der Waals surface area contributed by atoms with Crippen LogP contribution in [0.3, 0.4) is 0 Å². The normalized spacial score (nSPS) is 8.73. The van der Waals surface area contributed by atoms with Gasteiger partial charge in [0.15, 0.2) is 23.0 Å². The highest BCUT2D eigenvalue weighted by Gasteiger charge is 1.98. The zero-order valence-electron chi connectivity index (χ0n) is 6.31. The van der Waals surface area contributed by atoms with Crippen LogP contribution in [0.25, 0.3) is 0 Å². The maximum Gasteiger partial charge on any atom is 0.315 e. The molecule has 0 radical (unpaired) electrons. The molecular formula is C8H11IO2. The van der Waals surface area contributed by atoms with E-state index in [-0.39, 0.29) is 5.97 Å². The SMILES string of the molecule is C#CCCCCCC(=O)OI. The average Bonchev–Trinajstić information content (AvgIpc) is 2.04. The van der Waals surface area contributed by atoms with Crippen LogP contribution in [0.15, 0.2) is 0 Å². The minimum absolute atomic E-state index is 0.147. The third kappa shape index (κ3) is 7.66. The number of hydrogen-bond acceptors (Lipinski definition) is 2. The lowest BCUT2D eigenvalue weighted by Gasteiger charge is -1.95. The summed E-state index contributed by atoms with van der Waals surface area (Å²) >= 11 is 1.60. The Morgan fingerprint density at radius 3 is 2.73 bits per heavy atom. The molecule has 0 bridgehead atoms. The van der Waals surface area contributed by atoms with Crippen molar-refractivity contribution in [2.24, 2.45) is 0 Å². The third-order valence-corrected chi connectivity index (χ3v) is 1.78. The first kappa shape index (κ1) is 10.8. The zero-order valence-corrected chi connectivity index (χ0v) is 8.46. The van der Waals surface area contributed by atoms with Gasteiger partial charge in [-0.15, -0.1) is 12.3 Å². The second-order valence-electron chi connectivity index (χ2n) is 2.21. The van der Waals surface area contributed by atoms with Crippen LogP contribution in [-0.4, -0.2) is 5.97 Å². The Morgan fingerprint density at radius 2 is 2.18 bits per heavy atom. The minimum atomic E-state index is -0.147. The summed E-state index contributed by atoms with van der Waals surface area (Å²) in [5.74, 6) is 2.41. The lowest BCUT2D eigenvalue weighted by Crippen LogP contribution is -1.95. The second-order valence-corrected chi connectivity index (χ2v) is 2.65. The predicted octanol–water partition coefficient (Wildman–Crippen LogP) is 2.46. The third-order valence-electron chi connectivity index (χ3n) is 1.29. The molecule has 0 saturated carbocycles. The fourth-order valence-electron chi connectivity index (χ4n) is 0.712. The smallest absolute Gasteiger partial charge is 0.315 e. The first-order chi connectivity index (χ1) is 5.31. The van der Waals surface area contributed by atoms with E-state index in [1.54, 1.807) is 23.0 Å². The maximum absolute atomic E-state index is 10.6. The summed E-state index contributed by atoms with van der Waals surface area (Å²) < 4.78 is 4.45. The Bertz CT molecular complexity index is 149. The number of terminal acetylenes is 1. The lowest BCUT2D eigenvalue weighted by molar-refractivity contribution is -0.131. The Hall–Kier alpha value is -0.240. The molecule has 0 amide bonds. The van der Waals surface area contributed by atoms with Crippen molar-refractivity contribution in [2.75, 3.05) is 0 Å². The van der Waals surface area contributed by atoms with E-state index in [0.29, 0.717) is 6.42 Å². The number of hydrogen-bond donors (Lipinski definition) is 0. The van der Waals surface area contributed by atoms with Crippen LogP contribution >= 0.6 is 23.0 Å². The van der Waals surface area contributed by atoms with Gasteiger partial charge in [-0.05, 0) is 12.8 Å². The minimum Gasteiger partial charge on any atom is -0.394 e. The van der Waals surface area contributed by atoms with Crippen LogP contribution < -0.4 is 0 Å². The van der Waals surface area contributed by atoms with Gasteiger partial charge in [0.1, 0.15) is 0 Å². The Balaban J connectivity index is 3.03. The Morgan fingerprint density at radius 1 is 1.45 bits per heavy atom. The fourth-order valence-corrected chi connectivity index (χ4v) is 0.932. The Labute approximate surface area is 81.4 Å². The molecule has 62 valence electrons. The average molecular weight is 266 g/mol. The van der Waals surface area contributed by atoms with Gasteiger partial charge in [0, 0.05) is 12.8 Å². The van der Waals surface area contributed by atoms with Crippen LogP contribution in [0, 0.1) is 12.3 Å². The molecule has 0 aliphatic heterocycles. The van der Waals surface area contributed by atoms with E-state index in [1.165, 1.54) is 0 Å². The van der Waals surface area contributed by atoms with Crippen LogP contribution in [-0.2, 0) is 7.86 Å². The predicted molar refractivity (Wildman–Crippen MR) is 52.0 cm³/mol. The van der Waals surface area contributed by atoms with Gasteiger partial charge in [0.2, 0.25) is 0 Å². The quantitative estimate of drug-likeness (QED) is 0.434. The van der Waals surface area contributed by atoms with Crippen molar-refractivity contribution >= 4 is 29.0 Å². The van der Waals surface area contributed by atoms with Crippen LogP contribution in [0.5, 0.6) is 0 Å². The number of unbranched alkanes of at least 4 members (excludes halogenated alkanes) is 3. The van der Waals surface area contributed by atoms with Gasteiger partial charge in [-0.3, -0.25) is 4.79 Å². The Kier molecular flexibility index (Phi) is 7.69. The highest BCUT2D eigenvalue weighted by molar-refractivity contribution is 14.1. The zero-order chi connectivity index (χ0) is 8.53. The highest BCUT2D eigenvalue weighted by atomic mass is 127. The summed E-state index contributed by atoms with van der Waals surface area (Å²) in [6.07, 6.45) is 9.26. The lowest BCUT2D eigenvalue weighted by atomic mass is 10.1. The van der Waals surface area contributed by atoms with E-state index in [4.69, 9.17) is 6.42 Å². The molecule has 0 unspecified atom stereocenters. The van der Waals surface area contributed by atoms with E-state index < -0.39 is 0 Å². The standard InChI is InChI=1S/C8H11IO2/c1-2-3-4-5-6-7-8(10)11-9/h1H,3-7H2. The summed E-state index contributed by atoms with van der Waals surface area (Å²) in [5, 5.41) is 0. The summed E-state index contributed by atoms with van der Waals surface area (Å²) in [5.41, 5.74) is 0. The largest absolute Gasteiger partial charge is 0.394 e. The van der Waals surface area contributed by atoms with Gasteiger partial charge < -0.3 is 3.07 Å². The van der Waals surface area contributed by atoms with Crippen molar-refractivity contribution < 1.29 is 7.86 Å². The van der Waals surface area contributed by atoms with E-state index in [0.717, 1.165) is 25.7 Å². The molecule has 0 N–H and O–H groups in total.